The van der Waals surface area contributed by atoms with Crippen molar-refractivity contribution in [2.24, 2.45) is 5.92 Å². The predicted octanol–water partition coefficient (Wildman–Crippen LogP) is 1.99. The van der Waals surface area contributed by atoms with Crippen LogP contribution in [0.25, 0.3) is 0 Å². The number of H-pyrrole nitrogens is 1. The minimum absolute atomic E-state index is 0.705. The number of aromatic nitrogens is 4. The molecule has 4 rings (SSSR count). The van der Waals surface area contributed by atoms with E-state index in [2.05, 4.69) is 61.2 Å². The van der Waals surface area contributed by atoms with E-state index < -0.39 is 0 Å². The quantitative estimate of drug-likeness (QED) is 0.769. The number of hydrogen-bond acceptors (Lipinski definition) is 5. The molecule has 2 heterocycles. The van der Waals surface area contributed by atoms with Crippen molar-refractivity contribution in [1.82, 2.24) is 30.8 Å². The number of nitrogens with one attached hydrogen (secondary N) is 2. The highest BCUT2D eigenvalue weighted by Gasteiger charge is 2.38. The van der Waals surface area contributed by atoms with Crippen LogP contribution in [0.2, 0.25) is 0 Å². The van der Waals surface area contributed by atoms with Gasteiger partial charge in [0.05, 0.1) is 0 Å². The van der Waals surface area contributed by atoms with Crippen LogP contribution in [-0.2, 0) is 6.42 Å². The zero-order valence-corrected chi connectivity index (χ0v) is 14.8. The molecule has 0 amide bonds. The molecule has 25 heavy (non-hydrogen) atoms. The molecule has 0 spiro atoms. The maximum Gasteiger partial charge on any atom is 0.148 e. The van der Waals surface area contributed by atoms with Crippen molar-refractivity contribution in [2.45, 2.75) is 44.1 Å². The molecule has 1 saturated heterocycles. The van der Waals surface area contributed by atoms with E-state index in [4.69, 9.17) is 0 Å². The molecule has 1 saturated carbocycles. The molecular weight excluding hydrogens is 312 g/mol. The van der Waals surface area contributed by atoms with Crippen molar-refractivity contribution in [3.8, 4) is 0 Å². The van der Waals surface area contributed by atoms with Gasteiger partial charge in [-0.3, -0.25) is 0 Å². The Morgan fingerprint density at radius 2 is 2.00 bits per heavy atom. The topological polar surface area (TPSA) is 69.7 Å². The molecule has 2 N–H and O–H groups in total. The molecular formula is C19H28N6. The molecule has 6 heteroatoms. The lowest BCUT2D eigenvalue weighted by Gasteiger charge is -2.32. The van der Waals surface area contributed by atoms with Crippen LogP contribution in [0.15, 0.2) is 30.3 Å². The minimum atomic E-state index is 0.705. The molecule has 134 valence electrons. The van der Waals surface area contributed by atoms with Gasteiger partial charge in [0.1, 0.15) is 5.82 Å². The third kappa shape index (κ3) is 4.64. The van der Waals surface area contributed by atoms with Gasteiger partial charge in [-0.25, -0.2) is 5.10 Å². The number of nitrogens with zero attached hydrogens (tertiary/aromatic N) is 4. The highest BCUT2D eigenvalue weighted by atomic mass is 15.5. The van der Waals surface area contributed by atoms with Gasteiger partial charge in [0.2, 0.25) is 0 Å². The zero-order valence-electron chi connectivity index (χ0n) is 14.8. The first-order valence-electron chi connectivity index (χ1n) is 9.62. The van der Waals surface area contributed by atoms with Crippen LogP contribution < -0.4 is 5.32 Å². The average molecular weight is 340 g/mol. The van der Waals surface area contributed by atoms with E-state index in [-0.39, 0.29) is 0 Å². The molecule has 1 aliphatic carbocycles. The van der Waals surface area contributed by atoms with Crippen LogP contribution in [0.3, 0.4) is 0 Å². The molecule has 0 radical (unpaired) electrons. The smallest absolute Gasteiger partial charge is 0.148 e. The maximum absolute atomic E-state index is 3.94. The number of benzene rings is 1. The molecule has 2 fully saturated rings. The normalized spacial score (nSPS) is 24.5. The highest BCUT2D eigenvalue weighted by Crippen LogP contribution is 2.40. The fourth-order valence-electron chi connectivity index (χ4n) is 3.98. The van der Waals surface area contributed by atoms with Crippen LogP contribution in [0.5, 0.6) is 0 Å². The molecule has 2 aliphatic rings. The fraction of sp³-hybridized carbons (Fsp3) is 0.632. The highest BCUT2D eigenvalue weighted by molar-refractivity contribution is 5.27. The van der Waals surface area contributed by atoms with Gasteiger partial charge in [-0.05, 0) is 73.8 Å². The van der Waals surface area contributed by atoms with Gasteiger partial charge >= 0.3 is 0 Å². The summed E-state index contributed by atoms with van der Waals surface area (Å²) < 4.78 is 0. The van der Waals surface area contributed by atoms with Gasteiger partial charge < -0.3 is 10.2 Å². The first-order valence-corrected chi connectivity index (χ1v) is 9.62. The second-order valence-corrected chi connectivity index (χ2v) is 7.50. The second-order valence-electron chi connectivity index (χ2n) is 7.50. The maximum atomic E-state index is 3.94. The van der Waals surface area contributed by atoms with E-state index in [1.165, 1.54) is 44.5 Å². The van der Waals surface area contributed by atoms with E-state index >= 15 is 0 Å². The van der Waals surface area contributed by atoms with E-state index in [1.807, 2.05) is 0 Å². The van der Waals surface area contributed by atoms with E-state index in [1.54, 1.807) is 0 Å². The number of piperidine rings is 1. The molecule has 2 aromatic rings. The van der Waals surface area contributed by atoms with Crippen molar-refractivity contribution in [2.75, 3.05) is 26.2 Å². The number of hydrogen-bond donors (Lipinski definition) is 2. The summed E-state index contributed by atoms with van der Waals surface area (Å²) in [5.74, 6) is 2.48. The zero-order chi connectivity index (χ0) is 16.9. The Balaban J connectivity index is 1.10. The summed E-state index contributed by atoms with van der Waals surface area (Å²) >= 11 is 0. The van der Waals surface area contributed by atoms with Gasteiger partial charge in [-0.1, -0.05) is 30.3 Å². The molecule has 2 atom stereocenters. The lowest BCUT2D eigenvalue weighted by Crippen LogP contribution is -2.38. The van der Waals surface area contributed by atoms with E-state index in [0.717, 1.165) is 37.0 Å². The summed E-state index contributed by atoms with van der Waals surface area (Å²) in [6.45, 7) is 4.80. The first-order chi connectivity index (χ1) is 12.4. The molecule has 1 aromatic heterocycles. The van der Waals surface area contributed by atoms with Crippen molar-refractivity contribution in [3.63, 3.8) is 0 Å². The van der Waals surface area contributed by atoms with Gasteiger partial charge in [0, 0.05) is 18.4 Å². The van der Waals surface area contributed by atoms with Crippen LogP contribution in [-0.4, -0.2) is 57.7 Å². The SMILES string of the molecule is c1ccc(C2CC2NCC2CCN(CCCc3nnn[nH]3)CC2)cc1. The summed E-state index contributed by atoms with van der Waals surface area (Å²) in [5, 5.41) is 17.8. The largest absolute Gasteiger partial charge is 0.313 e. The van der Waals surface area contributed by atoms with Crippen LogP contribution in [0.4, 0.5) is 0 Å². The van der Waals surface area contributed by atoms with Crippen molar-refractivity contribution >= 4 is 0 Å². The predicted molar refractivity (Wildman–Crippen MR) is 97.3 cm³/mol. The van der Waals surface area contributed by atoms with Gasteiger partial charge in [0.25, 0.3) is 0 Å². The molecule has 1 aliphatic heterocycles. The monoisotopic (exact) mass is 340 g/mol. The Morgan fingerprint density at radius 1 is 1.16 bits per heavy atom. The lowest BCUT2D eigenvalue weighted by atomic mass is 9.96. The van der Waals surface area contributed by atoms with Crippen LogP contribution >= 0.6 is 0 Å². The van der Waals surface area contributed by atoms with Gasteiger partial charge in [-0.15, -0.1) is 5.10 Å². The van der Waals surface area contributed by atoms with Crippen LogP contribution in [0.1, 0.15) is 43.0 Å². The average Bonchev–Trinajstić information content (AvgIpc) is 3.26. The Morgan fingerprint density at radius 3 is 2.76 bits per heavy atom. The third-order valence-corrected chi connectivity index (χ3v) is 5.67. The van der Waals surface area contributed by atoms with E-state index in [0.29, 0.717) is 6.04 Å². The Hall–Kier alpha value is -1.79. The summed E-state index contributed by atoms with van der Waals surface area (Å²) in [6, 6.07) is 11.6. The lowest BCUT2D eigenvalue weighted by molar-refractivity contribution is 0.180. The summed E-state index contributed by atoms with van der Waals surface area (Å²) in [5.41, 5.74) is 1.50. The number of aromatic amines is 1. The number of rotatable bonds is 8. The molecule has 2 unspecified atom stereocenters. The minimum Gasteiger partial charge on any atom is -0.313 e. The Kier molecular flexibility index (Phi) is 5.37. The Bertz CT molecular complexity index is 621. The van der Waals surface area contributed by atoms with Crippen molar-refractivity contribution < 1.29 is 0 Å². The molecule has 6 nitrogen and oxygen atoms in total. The van der Waals surface area contributed by atoms with Crippen LogP contribution in [0, 0.1) is 5.92 Å². The number of likely N-dealkylation sites (tertiary alicyclic amines) is 1. The molecule has 1 aromatic carbocycles. The van der Waals surface area contributed by atoms with Crippen molar-refractivity contribution in [3.05, 3.63) is 41.7 Å². The van der Waals surface area contributed by atoms with Gasteiger partial charge in [0.15, 0.2) is 0 Å². The fourth-order valence-corrected chi connectivity index (χ4v) is 3.98. The number of aryl methyl sites for hydroxylation is 1. The molecule has 0 bridgehead atoms. The second kappa shape index (κ2) is 8.06. The van der Waals surface area contributed by atoms with E-state index in [9.17, 15) is 0 Å². The Labute approximate surface area is 149 Å². The number of tetrazole rings is 1. The third-order valence-electron chi connectivity index (χ3n) is 5.67. The standard InChI is InChI=1S/C19H28N6/c1-2-5-16(6-3-1)17-13-18(17)20-14-15-8-11-25(12-9-15)10-4-7-19-21-23-24-22-19/h1-3,5-6,15,17-18,20H,4,7-14H2,(H,21,22,23,24). The summed E-state index contributed by atoms with van der Waals surface area (Å²) in [6.07, 6.45) is 6.01. The first kappa shape index (κ1) is 16.7. The summed E-state index contributed by atoms with van der Waals surface area (Å²) in [7, 11) is 0. The van der Waals surface area contributed by atoms with Crippen molar-refractivity contribution in [1.29, 1.82) is 0 Å². The van der Waals surface area contributed by atoms with Gasteiger partial charge in [-0.2, -0.15) is 0 Å². The summed E-state index contributed by atoms with van der Waals surface area (Å²) in [4.78, 5) is 2.59.